The number of benzene rings is 4. The van der Waals surface area contributed by atoms with Gasteiger partial charge in [-0.2, -0.15) is 0 Å². The summed E-state index contributed by atoms with van der Waals surface area (Å²) in [6, 6.07) is 31.0. The molecule has 5 rings (SSSR count). The minimum absolute atomic E-state index is 0.0433. The molecule has 0 fully saturated rings. The molecule has 1 N–H and O–H groups in total. The minimum atomic E-state index is -0.235. The highest BCUT2D eigenvalue weighted by Crippen LogP contribution is 2.42. The van der Waals surface area contributed by atoms with Crippen molar-refractivity contribution in [3.63, 3.8) is 0 Å². The van der Waals surface area contributed by atoms with E-state index in [-0.39, 0.29) is 12.3 Å². The zero-order valence-electron chi connectivity index (χ0n) is 14.6. The Kier molecular flexibility index (Phi) is 4.08. The molecule has 4 aromatic rings. The Balaban J connectivity index is 1.68. The first-order chi connectivity index (χ1) is 13.3. The molecule has 2 nitrogen and oxygen atoms in total. The van der Waals surface area contributed by atoms with Gasteiger partial charge in [0, 0.05) is 16.1 Å². The highest BCUT2D eigenvalue weighted by Gasteiger charge is 2.31. The summed E-state index contributed by atoms with van der Waals surface area (Å²) in [6.45, 7) is 0. The van der Waals surface area contributed by atoms with Crippen LogP contribution in [0.1, 0.15) is 29.0 Å². The van der Waals surface area contributed by atoms with Gasteiger partial charge in [0.15, 0.2) is 6.23 Å². The third kappa shape index (κ3) is 2.97. The van der Waals surface area contributed by atoms with Crippen molar-refractivity contribution < 1.29 is 4.74 Å². The topological polar surface area (TPSA) is 21.3 Å². The van der Waals surface area contributed by atoms with E-state index in [4.69, 9.17) is 16.3 Å². The maximum atomic E-state index is 6.36. The third-order valence-corrected chi connectivity index (χ3v) is 5.34. The molecule has 0 bridgehead atoms. The van der Waals surface area contributed by atoms with Crippen LogP contribution in [0.25, 0.3) is 10.8 Å². The van der Waals surface area contributed by atoms with Crippen LogP contribution in [0, 0.1) is 0 Å². The smallest absolute Gasteiger partial charge is 0.177 e. The quantitative estimate of drug-likeness (QED) is 0.448. The predicted octanol–water partition coefficient (Wildman–Crippen LogP) is 6.26. The largest absolute Gasteiger partial charge is 0.471 e. The lowest BCUT2D eigenvalue weighted by Gasteiger charge is -2.35. The molecule has 0 saturated carbocycles. The van der Waals surface area contributed by atoms with Crippen LogP contribution in [0.15, 0.2) is 91.0 Å². The lowest BCUT2D eigenvalue weighted by molar-refractivity contribution is 0.134. The Morgan fingerprint density at radius 1 is 0.704 bits per heavy atom. The lowest BCUT2D eigenvalue weighted by Crippen LogP contribution is -2.35. The molecule has 0 radical (unpaired) electrons. The normalized spacial score (nSPS) is 18.7. The molecule has 0 amide bonds. The summed E-state index contributed by atoms with van der Waals surface area (Å²) in [7, 11) is 0. The molecule has 1 aliphatic heterocycles. The van der Waals surface area contributed by atoms with Gasteiger partial charge < -0.3 is 4.74 Å². The summed E-state index contributed by atoms with van der Waals surface area (Å²) in [5, 5.41) is 6.84. The summed E-state index contributed by atoms with van der Waals surface area (Å²) in [6.07, 6.45) is -0.235. The Morgan fingerprint density at radius 3 is 2.26 bits per heavy atom. The highest BCUT2D eigenvalue weighted by atomic mass is 35.5. The first-order valence-electron chi connectivity index (χ1n) is 9.04. The molecular formula is C24H18ClNO. The van der Waals surface area contributed by atoms with E-state index in [2.05, 4.69) is 66.0 Å². The summed E-state index contributed by atoms with van der Waals surface area (Å²) in [4.78, 5) is 0. The fraction of sp³-hybridized carbons (Fsp3) is 0.0833. The molecule has 1 aliphatic rings. The fourth-order valence-electron chi connectivity index (χ4n) is 3.78. The third-order valence-electron chi connectivity index (χ3n) is 5.09. The number of hydrogen-bond acceptors (Lipinski definition) is 2. The van der Waals surface area contributed by atoms with Crippen molar-refractivity contribution in [3.8, 4) is 5.75 Å². The molecule has 0 aliphatic carbocycles. The van der Waals surface area contributed by atoms with E-state index in [1.807, 2.05) is 30.3 Å². The van der Waals surface area contributed by atoms with Crippen LogP contribution >= 0.6 is 11.6 Å². The average molecular weight is 372 g/mol. The summed E-state index contributed by atoms with van der Waals surface area (Å²) < 4.78 is 6.36. The van der Waals surface area contributed by atoms with Crippen molar-refractivity contribution in [1.29, 1.82) is 0 Å². The van der Waals surface area contributed by atoms with Crippen molar-refractivity contribution in [2.24, 2.45) is 0 Å². The van der Waals surface area contributed by atoms with Gasteiger partial charge in [-0.3, -0.25) is 5.32 Å². The summed E-state index contributed by atoms with van der Waals surface area (Å²) in [5.74, 6) is 0.918. The molecule has 1 heterocycles. The average Bonchev–Trinajstić information content (AvgIpc) is 2.74. The molecule has 132 valence electrons. The second kappa shape index (κ2) is 6.73. The first kappa shape index (κ1) is 16.4. The zero-order valence-corrected chi connectivity index (χ0v) is 15.4. The van der Waals surface area contributed by atoms with Crippen LogP contribution in [0.5, 0.6) is 5.75 Å². The number of halogens is 1. The van der Waals surface area contributed by atoms with Crippen LogP contribution in [0.3, 0.4) is 0 Å². The molecule has 0 aromatic heterocycles. The molecule has 4 aromatic carbocycles. The SMILES string of the molecule is Clc1ccc([C@@H]2N[C@@H](c3ccccc3)c3c(ccc4ccccc34)O2)cc1. The van der Waals surface area contributed by atoms with Crippen LogP contribution in [0.4, 0.5) is 0 Å². The monoisotopic (exact) mass is 371 g/mol. The molecule has 0 spiro atoms. The van der Waals surface area contributed by atoms with Gasteiger partial charge in [-0.15, -0.1) is 0 Å². The number of hydrogen-bond donors (Lipinski definition) is 1. The van der Waals surface area contributed by atoms with Crippen molar-refractivity contribution >= 4 is 22.4 Å². The number of rotatable bonds is 2. The minimum Gasteiger partial charge on any atom is -0.471 e. The number of nitrogens with one attached hydrogen (secondary N) is 1. The second-order valence-corrected chi connectivity index (χ2v) is 7.19. The Hall–Kier alpha value is -2.81. The molecule has 27 heavy (non-hydrogen) atoms. The van der Waals surface area contributed by atoms with Crippen LogP contribution in [-0.4, -0.2) is 0 Å². The second-order valence-electron chi connectivity index (χ2n) is 6.76. The van der Waals surface area contributed by atoms with E-state index in [0.29, 0.717) is 0 Å². The fourth-order valence-corrected chi connectivity index (χ4v) is 3.91. The van der Waals surface area contributed by atoms with Crippen LogP contribution in [-0.2, 0) is 0 Å². The van der Waals surface area contributed by atoms with Crippen molar-refractivity contribution in [1.82, 2.24) is 5.32 Å². The van der Waals surface area contributed by atoms with Gasteiger partial charge in [-0.05, 0) is 34.5 Å². The van der Waals surface area contributed by atoms with Crippen molar-refractivity contribution in [2.45, 2.75) is 12.3 Å². The standard InChI is InChI=1S/C24H18ClNO/c25-19-13-10-18(11-14-19)24-26-23(17-7-2-1-3-8-17)22-20-9-5-4-6-16(20)12-15-21(22)27-24/h1-15,23-24,26H/t23-,24+/m0/s1. The van der Waals surface area contributed by atoms with Crippen LogP contribution in [0.2, 0.25) is 5.02 Å². The number of ether oxygens (including phenoxy) is 1. The van der Waals surface area contributed by atoms with Gasteiger partial charge in [0.2, 0.25) is 0 Å². The van der Waals surface area contributed by atoms with E-state index >= 15 is 0 Å². The molecule has 0 saturated heterocycles. The van der Waals surface area contributed by atoms with E-state index in [1.165, 1.54) is 21.9 Å². The van der Waals surface area contributed by atoms with E-state index in [0.717, 1.165) is 16.3 Å². The van der Waals surface area contributed by atoms with Gasteiger partial charge in [0.25, 0.3) is 0 Å². The van der Waals surface area contributed by atoms with Gasteiger partial charge >= 0.3 is 0 Å². The Morgan fingerprint density at radius 2 is 1.44 bits per heavy atom. The molecule has 3 heteroatoms. The maximum Gasteiger partial charge on any atom is 0.177 e. The Bertz CT molecular complexity index is 1090. The van der Waals surface area contributed by atoms with Crippen LogP contribution < -0.4 is 10.1 Å². The molecule has 0 unspecified atom stereocenters. The molecular weight excluding hydrogens is 354 g/mol. The van der Waals surface area contributed by atoms with Crippen molar-refractivity contribution in [2.75, 3.05) is 0 Å². The van der Waals surface area contributed by atoms with E-state index < -0.39 is 0 Å². The zero-order chi connectivity index (χ0) is 18.2. The summed E-state index contributed by atoms with van der Waals surface area (Å²) >= 11 is 6.06. The van der Waals surface area contributed by atoms with Gasteiger partial charge in [0.05, 0.1) is 6.04 Å². The van der Waals surface area contributed by atoms with E-state index in [9.17, 15) is 0 Å². The highest BCUT2D eigenvalue weighted by molar-refractivity contribution is 6.30. The molecule has 2 atom stereocenters. The number of fused-ring (bicyclic) bond motifs is 3. The Labute approximate surface area is 163 Å². The maximum absolute atomic E-state index is 6.36. The lowest BCUT2D eigenvalue weighted by atomic mass is 9.91. The van der Waals surface area contributed by atoms with Gasteiger partial charge in [-0.1, -0.05) is 84.4 Å². The van der Waals surface area contributed by atoms with Crippen molar-refractivity contribution in [3.05, 3.63) is 113 Å². The summed E-state index contributed by atoms with van der Waals surface area (Å²) in [5.41, 5.74) is 3.46. The van der Waals surface area contributed by atoms with Gasteiger partial charge in [0.1, 0.15) is 5.75 Å². The van der Waals surface area contributed by atoms with Gasteiger partial charge in [-0.25, -0.2) is 0 Å². The predicted molar refractivity (Wildman–Crippen MR) is 110 cm³/mol. The van der Waals surface area contributed by atoms with E-state index in [1.54, 1.807) is 0 Å². The first-order valence-corrected chi connectivity index (χ1v) is 9.42.